The summed E-state index contributed by atoms with van der Waals surface area (Å²) in [7, 11) is 3.95. The maximum Gasteiger partial charge on any atom is 0.0589 e. The van der Waals surface area contributed by atoms with E-state index in [-0.39, 0.29) is 0 Å². The van der Waals surface area contributed by atoms with E-state index in [0.29, 0.717) is 0 Å². The average molecular weight is 268 g/mol. The molecule has 0 radical (unpaired) electrons. The van der Waals surface area contributed by atoms with Gasteiger partial charge in [0.25, 0.3) is 0 Å². The fourth-order valence-electron chi connectivity index (χ4n) is 3.88. The van der Waals surface area contributed by atoms with Gasteiger partial charge in [-0.1, -0.05) is 12.8 Å². The SMILES string of the molecule is COCCN(C)CCNC1CCC2(CCCC2)CC1. The quantitative estimate of drug-likeness (QED) is 0.768. The standard InChI is InChI=1S/C16H32N2O/c1-18(13-14-19-2)12-11-17-15-5-9-16(10-6-15)7-3-4-8-16/h15,17H,3-14H2,1-2H3. The van der Waals surface area contributed by atoms with Gasteiger partial charge in [0, 0.05) is 32.8 Å². The van der Waals surface area contributed by atoms with E-state index in [1.54, 1.807) is 7.11 Å². The van der Waals surface area contributed by atoms with Gasteiger partial charge in [-0.05, 0) is 51.0 Å². The Morgan fingerprint density at radius 3 is 2.42 bits per heavy atom. The van der Waals surface area contributed by atoms with Crippen molar-refractivity contribution >= 4 is 0 Å². The zero-order valence-electron chi connectivity index (χ0n) is 12.9. The molecule has 0 saturated heterocycles. The van der Waals surface area contributed by atoms with Gasteiger partial charge < -0.3 is 15.0 Å². The van der Waals surface area contributed by atoms with Crippen LogP contribution in [-0.4, -0.2) is 51.3 Å². The second-order valence-electron chi connectivity index (χ2n) is 6.73. The monoisotopic (exact) mass is 268 g/mol. The van der Waals surface area contributed by atoms with E-state index >= 15 is 0 Å². The summed E-state index contributed by atoms with van der Waals surface area (Å²) in [5, 5.41) is 3.75. The molecule has 0 amide bonds. The lowest BCUT2D eigenvalue weighted by molar-refractivity contribution is 0.153. The van der Waals surface area contributed by atoms with E-state index in [1.165, 1.54) is 51.4 Å². The van der Waals surface area contributed by atoms with Crippen LogP contribution in [0.3, 0.4) is 0 Å². The van der Waals surface area contributed by atoms with Gasteiger partial charge in [0.1, 0.15) is 0 Å². The van der Waals surface area contributed by atoms with Gasteiger partial charge in [-0.2, -0.15) is 0 Å². The Balaban J connectivity index is 1.55. The molecule has 0 unspecified atom stereocenters. The fraction of sp³-hybridized carbons (Fsp3) is 1.00. The molecule has 0 aromatic heterocycles. The summed E-state index contributed by atoms with van der Waals surface area (Å²) in [6, 6.07) is 0.780. The topological polar surface area (TPSA) is 24.5 Å². The Bertz CT molecular complexity index is 241. The molecule has 2 aliphatic carbocycles. The third-order valence-corrected chi connectivity index (χ3v) is 5.31. The van der Waals surface area contributed by atoms with E-state index < -0.39 is 0 Å². The van der Waals surface area contributed by atoms with E-state index in [2.05, 4.69) is 17.3 Å². The lowest BCUT2D eigenvalue weighted by atomic mass is 9.71. The molecule has 2 rings (SSSR count). The molecule has 2 fully saturated rings. The molecule has 2 saturated carbocycles. The lowest BCUT2D eigenvalue weighted by Crippen LogP contribution is -2.40. The second kappa shape index (κ2) is 7.61. The molecule has 0 aromatic carbocycles. The minimum absolute atomic E-state index is 0.771. The molecule has 112 valence electrons. The van der Waals surface area contributed by atoms with Crippen molar-refractivity contribution < 1.29 is 4.74 Å². The third kappa shape index (κ3) is 4.73. The summed E-state index contributed by atoms with van der Waals surface area (Å²) in [5.41, 5.74) is 0.771. The van der Waals surface area contributed by atoms with E-state index in [1.807, 2.05) is 0 Å². The Kier molecular flexibility index (Phi) is 6.11. The molecule has 2 aliphatic rings. The molecule has 0 heterocycles. The Labute approximate surface area is 119 Å². The predicted molar refractivity (Wildman–Crippen MR) is 80.5 cm³/mol. The Morgan fingerprint density at radius 2 is 1.79 bits per heavy atom. The molecule has 0 bridgehead atoms. The molecule has 19 heavy (non-hydrogen) atoms. The number of hydrogen-bond donors (Lipinski definition) is 1. The van der Waals surface area contributed by atoms with Crippen molar-refractivity contribution in [3.05, 3.63) is 0 Å². The molecule has 1 N–H and O–H groups in total. The summed E-state index contributed by atoms with van der Waals surface area (Å²) in [6.45, 7) is 4.12. The normalized spacial score (nSPS) is 23.5. The van der Waals surface area contributed by atoms with Crippen LogP contribution in [0.1, 0.15) is 51.4 Å². The molecule has 1 spiro atoms. The molecule has 3 nitrogen and oxygen atoms in total. The maximum absolute atomic E-state index is 5.10. The summed E-state index contributed by atoms with van der Waals surface area (Å²) < 4.78 is 5.10. The fourth-order valence-corrected chi connectivity index (χ4v) is 3.88. The minimum atomic E-state index is 0.771. The molecule has 3 heteroatoms. The van der Waals surface area contributed by atoms with Crippen molar-refractivity contribution in [1.82, 2.24) is 10.2 Å². The van der Waals surface area contributed by atoms with Gasteiger partial charge in [0.05, 0.1) is 6.61 Å². The summed E-state index contributed by atoms with van der Waals surface area (Å²) >= 11 is 0. The maximum atomic E-state index is 5.10. The van der Waals surface area contributed by atoms with Crippen LogP contribution in [0.2, 0.25) is 0 Å². The van der Waals surface area contributed by atoms with Crippen LogP contribution >= 0.6 is 0 Å². The number of methoxy groups -OCH3 is 1. The average Bonchev–Trinajstić information content (AvgIpc) is 2.87. The van der Waals surface area contributed by atoms with Crippen molar-refractivity contribution in [2.24, 2.45) is 5.41 Å². The number of ether oxygens (including phenoxy) is 1. The number of nitrogens with one attached hydrogen (secondary N) is 1. The number of rotatable bonds is 7. The number of nitrogens with zero attached hydrogens (tertiary/aromatic N) is 1. The first-order valence-corrected chi connectivity index (χ1v) is 8.15. The third-order valence-electron chi connectivity index (χ3n) is 5.31. The van der Waals surface area contributed by atoms with Gasteiger partial charge in [-0.25, -0.2) is 0 Å². The van der Waals surface area contributed by atoms with Crippen LogP contribution in [0, 0.1) is 5.41 Å². The van der Waals surface area contributed by atoms with Gasteiger partial charge in [-0.15, -0.1) is 0 Å². The largest absolute Gasteiger partial charge is 0.383 e. The van der Waals surface area contributed by atoms with E-state index in [0.717, 1.165) is 37.7 Å². The van der Waals surface area contributed by atoms with Gasteiger partial charge in [0.2, 0.25) is 0 Å². The zero-order valence-corrected chi connectivity index (χ0v) is 12.9. The number of hydrogen-bond acceptors (Lipinski definition) is 3. The summed E-state index contributed by atoms with van der Waals surface area (Å²) in [6.07, 6.45) is 11.8. The summed E-state index contributed by atoms with van der Waals surface area (Å²) in [5.74, 6) is 0. The lowest BCUT2D eigenvalue weighted by Gasteiger charge is -2.37. The highest BCUT2D eigenvalue weighted by molar-refractivity contribution is 4.91. The molecular formula is C16H32N2O. The van der Waals surface area contributed by atoms with Gasteiger partial charge in [-0.3, -0.25) is 0 Å². The smallest absolute Gasteiger partial charge is 0.0589 e. The van der Waals surface area contributed by atoms with Crippen molar-refractivity contribution in [3.63, 3.8) is 0 Å². The zero-order chi connectivity index (χ0) is 13.6. The first-order chi connectivity index (χ1) is 9.24. The van der Waals surface area contributed by atoms with Crippen LogP contribution in [0.5, 0.6) is 0 Å². The second-order valence-corrected chi connectivity index (χ2v) is 6.73. The van der Waals surface area contributed by atoms with Crippen LogP contribution < -0.4 is 5.32 Å². The van der Waals surface area contributed by atoms with Crippen LogP contribution in [0.15, 0.2) is 0 Å². The molecule has 0 aliphatic heterocycles. The highest BCUT2D eigenvalue weighted by atomic mass is 16.5. The van der Waals surface area contributed by atoms with Crippen molar-refractivity contribution in [1.29, 1.82) is 0 Å². The minimum Gasteiger partial charge on any atom is -0.383 e. The van der Waals surface area contributed by atoms with Crippen LogP contribution in [-0.2, 0) is 4.74 Å². The van der Waals surface area contributed by atoms with Crippen LogP contribution in [0.25, 0.3) is 0 Å². The van der Waals surface area contributed by atoms with Crippen LogP contribution in [0.4, 0.5) is 0 Å². The molecule has 0 atom stereocenters. The Morgan fingerprint density at radius 1 is 1.11 bits per heavy atom. The summed E-state index contributed by atoms with van der Waals surface area (Å²) in [4.78, 5) is 2.35. The first-order valence-electron chi connectivity index (χ1n) is 8.15. The van der Waals surface area contributed by atoms with Crippen molar-refractivity contribution in [2.75, 3.05) is 40.4 Å². The first kappa shape index (κ1) is 15.3. The van der Waals surface area contributed by atoms with Crippen molar-refractivity contribution in [3.8, 4) is 0 Å². The van der Waals surface area contributed by atoms with Crippen molar-refractivity contribution in [2.45, 2.75) is 57.4 Å². The highest BCUT2D eigenvalue weighted by Gasteiger charge is 2.37. The van der Waals surface area contributed by atoms with E-state index in [9.17, 15) is 0 Å². The Hall–Kier alpha value is -0.120. The number of likely N-dealkylation sites (N-methyl/N-ethyl adjacent to an activating group) is 1. The van der Waals surface area contributed by atoms with E-state index in [4.69, 9.17) is 4.74 Å². The van der Waals surface area contributed by atoms with Gasteiger partial charge in [0.15, 0.2) is 0 Å². The highest BCUT2D eigenvalue weighted by Crippen LogP contribution is 2.48. The molecule has 0 aromatic rings. The van der Waals surface area contributed by atoms with Gasteiger partial charge >= 0.3 is 0 Å². The predicted octanol–water partition coefficient (Wildman–Crippen LogP) is 2.66. The molecular weight excluding hydrogens is 236 g/mol.